The molecule has 4 nitrogen and oxygen atoms in total. The van der Waals surface area contributed by atoms with Crippen molar-refractivity contribution in [1.29, 1.82) is 0 Å². The molecule has 1 amide bonds. The summed E-state index contributed by atoms with van der Waals surface area (Å²) < 4.78 is 0. The molecule has 0 unspecified atom stereocenters. The number of amides is 1. The van der Waals surface area contributed by atoms with E-state index in [1.54, 1.807) is 0 Å². The number of benzene rings is 1. The Morgan fingerprint density at radius 2 is 1.89 bits per heavy atom. The van der Waals surface area contributed by atoms with Crippen LogP contribution in [0.5, 0.6) is 0 Å². The number of ketones is 1. The van der Waals surface area contributed by atoms with Crippen LogP contribution in [0.2, 0.25) is 10.0 Å². The minimum atomic E-state index is -0.573. The molecule has 0 heterocycles. The number of allylic oxidation sites excluding steroid dienone is 1. The van der Waals surface area contributed by atoms with Gasteiger partial charge in [-0.25, -0.2) is 0 Å². The molecule has 0 aliphatic carbocycles. The molecule has 0 saturated heterocycles. The Hall–Kier alpha value is -1.43. The van der Waals surface area contributed by atoms with Gasteiger partial charge in [0.15, 0.2) is 10.9 Å². The topological polar surface area (TPSA) is 72.2 Å². The summed E-state index contributed by atoms with van der Waals surface area (Å²) in [7, 11) is 0. The van der Waals surface area contributed by atoms with Crippen molar-refractivity contribution in [3.05, 3.63) is 46.0 Å². The number of hydrogen-bond donors (Lipinski definition) is 2. The van der Waals surface area contributed by atoms with Crippen molar-refractivity contribution in [2.45, 2.75) is 0 Å². The molecule has 3 N–H and O–H groups in total. The summed E-state index contributed by atoms with van der Waals surface area (Å²) in [6.07, 6.45) is 2.12. The second-order valence-electron chi connectivity index (χ2n) is 3.18. The maximum absolute atomic E-state index is 11.7. The first-order valence-corrected chi connectivity index (χ1v) is 5.84. The molecule has 1 aromatic rings. The van der Waals surface area contributed by atoms with Gasteiger partial charge >= 0.3 is 0 Å². The highest BCUT2D eigenvalue weighted by molar-refractivity contribution is 7.80. The molecular formula is C11H8Cl2N2O2S. The van der Waals surface area contributed by atoms with Gasteiger partial charge in [0.2, 0.25) is 5.91 Å². The van der Waals surface area contributed by atoms with Crippen LogP contribution in [0.25, 0.3) is 0 Å². The highest BCUT2D eigenvalue weighted by Crippen LogP contribution is 2.22. The SMILES string of the molecule is NC(=S)NC(=O)C=CC(=O)c1ccc(Cl)c(Cl)c1. The fourth-order valence-corrected chi connectivity index (χ4v) is 1.46. The third-order valence-electron chi connectivity index (χ3n) is 1.84. The second kappa shape index (κ2) is 6.49. The molecule has 0 bridgehead atoms. The quantitative estimate of drug-likeness (QED) is 0.509. The number of halogens is 2. The Bertz CT molecular complexity index is 544. The lowest BCUT2D eigenvalue weighted by molar-refractivity contribution is -0.115. The van der Waals surface area contributed by atoms with Crippen molar-refractivity contribution >= 4 is 52.2 Å². The Labute approximate surface area is 119 Å². The Morgan fingerprint density at radius 3 is 2.44 bits per heavy atom. The van der Waals surface area contributed by atoms with Crippen molar-refractivity contribution in [2.24, 2.45) is 5.73 Å². The van der Waals surface area contributed by atoms with E-state index in [9.17, 15) is 9.59 Å². The van der Waals surface area contributed by atoms with Crippen LogP contribution in [0.15, 0.2) is 30.4 Å². The summed E-state index contributed by atoms with van der Waals surface area (Å²) in [5.74, 6) is -0.956. The Kier molecular flexibility index (Phi) is 5.27. The van der Waals surface area contributed by atoms with Gasteiger partial charge in [0.05, 0.1) is 10.0 Å². The summed E-state index contributed by atoms with van der Waals surface area (Å²) in [4.78, 5) is 22.8. The van der Waals surface area contributed by atoms with Gasteiger partial charge < -0.3 is 5.73 Å². The van der Waals surface area contributed by atoms with Crippen molar-refractivity contribution in [3.63, 3.8) is 0 Å². The summed E-state index contributed by atoms with van der Waals surface area (Å²) in [5, 5.41) is 2.61. The number of hydrogen-bond acceptors (Lipinski definition) is 3. The highest BCUT2D eigenvalue weighted by Gasteiger charge is 2.06. The first-order chi connectivity index (χ1) is 8.40. The van der Waals surface area contributed by atoms with Gasteiger partial charge in [-0.1, -0.05) is 23.2 Å². The second-order valence-corrected chi connectivity index (χ2v) is 4.43. The lowest BCUT2D eigenvalue weighted by Crippen LogP contribution is -2.33. The van der Waals surface area contributed by atoms with Crippen LogP contribution in [-0.4, -0.2) is 16.8 Å². The average molecular weight is 303 g/mol. The largest absolute Gasteiger partial charge is 0.376 e. The summed E-state index contributed by atoms with van der Waals surface area (Å²) in [6, 6.07) is 4.43. The number of nitrogens with one attached hydrogen (secondary N) is 1. The maximum atomic E-state index is 11.7. The molecule has 1 rings (SSSR count). The minimum absolute atomic E-state index is 0.161. The number of nitrogens with two attached hydrogens (primary N) is 1. The molecule has 0 atom stereocenters. The van der Waals surface area contributed by atoms with Crippen molar-refractivity contribution in [2.75, 3.05) is 0 Å². The molecule has 0 fully saturated rings. The van der Waals surface area contributed by atoms with Gasteiger partial charge in [-0.05, 0) is 36.5 Å². The van der Waals surface area contributed by atoms with E-state index in [0.29, 0.717) is 10.6 Å². The minimum Gasteiger partial charge on any atom is -0.376 e. The van der Waals surface area contributed by atoms with Crippen molar-refractivity contribution in [1.82, 2.24) is 5.32 Å². The van der Waals surface area contributed by atoms with Crippen LogP contribution < -0.4 is 11.1 Å². The van der Waals surface area contributed by atoms with Crippen molar-refractivity contribution in [3.8, 4) is 0 Å². The van der Waals surface area contributed by atoms with Crippen LogP contribution in [-0.2, 0) is 4.79 Å². The predicted molar refractivity (Wildman–Crippen MR) is 74.9 cm³/mol. The molecule has 0 saturated carbocycles. The fourth-order valence-electron chi connectivity index (χ4n) is 1.06. The standard InChI is InChI=1S/C11H8Cl2N2O2S/c12-7-2-1-6(5-8(7)13)9(16)3-4-10(17)15-11(14)18/h1-5H,(H3,14,15,17,18). The monoisotopic (exact) mass is 302 g/mol. The van der Waals surface area contributed by atoms with Gasteiger partial charge in [-0.15, -0.1) is 0 Å². The Balaban J connectivity index is 2.76. The van der Waals surface area contributed by atoms with E-state index in [4.69, 9.17) is 28.9 Å². The molecular weight excluding hydrogens is 295 g/mol. The van der Waals surface area contributed by atoms with E-state index >= 15 is 0 Å². The molecule has 0 aromatic heterocycles. The van der Waals surface area contributed by atoms with Crippen LogP contribution in [0.1, 0.15) is 10.4 Å². The Morgan fingerprint density at radius 1 is 1.22 bits per heavy atom. The normalized spacial score (nSPS) is 10.3. The van der Waals surface area contributed by atoms with E-state index in [2.05, 4.69) is 17.5 Å². The lowest BCUT2D eigenvalue weighted by Gasteiger charge is -1.99. The zero-order chi connectivity index (χ0) is 13.7. The summed E-state index contributed by atoms with van der Waals surface area (Å²) >= 11 is 16.0. The first-order valence-electron chi connectivity index (χ1n) is 4.68. The number of thiocarbonyl (C=S) groups is 1. The molecule has 18 heavy (non-hydrogen) atoms. The number of rotatable bonds is 3. The number of carbonyl (C=O) groups excluding carboxylic acids is 2. The third kappa shape index (κ3) is 4.44. The molecule has 0 spiro atoms. The van der Waals surface area contributed by atoms with E-state index in [-0.39, 0.29) is 15.9 Å². The summed E-state index contributed by atoms with van der Waals surface area (Å²) in [5.41, 5.74) is 5.42. The first kappa shape index (κ1) is 14.6. The molecule has 0 radical (unpaired) electrons. The van der Waals surface area contributed by atoms with E-state index in [0.717, 1.165) is 12.2 Å². The van der Waals surface area contributed by atoms with Gasteiger partial charge in [0.1, 0.15) is 0 Å². The van der Waals surface area contributed by atoms with Crippen molar-refractivity contribution < 1.29 is 9.59 Å². The van der Waals surface area contributed by atoms with Crippen LogP contribution >= 0.6 is 35.4 Å². The van der Waals surface area contributed by atoms with E-state index < -0.39 is 5.91 Å². The summed E-state index contributed by atoms with van der Waals surface area (Å²) in [6.45, 7) is 0. The molecule has 0 aliphatic rings. The van der Waals surface area contributed by atoms with Gasteiger partial charge in [-0.3, -0.25) is 14.9 Å². The zero-order valence-corrected chi connectivity index (χ0v) is 11.3. The van der Waals surface area contributed by atoms with Crippen LogP contribution in [0.4, 0.5) is 0 Å². The molecule has 1 aromatic carbocycles. The smallest absolute Gasteiger partial charge is 0.250 e. The highest BCUT2D eigenvalue weighted by atomic mass is 35.5. The van der Waals surface area contributed by atoms with Crippen LogP contribution in [0.3, 0.4) is 0 Å². The van der Waals surface area contributed by atoms with Gasteiger partial charge in [-0.2, -0.15) is 0 Å². The number of carbonyl (C=O) groups is 2. The van der Waals surface area contributed by atoms with E-state index in [1.807, 2.05) is 0 Å². The maximum Gasteiger partial charge on any atom is 0.250 e. The predicted octanol–water partition coefficient (Wildman–Crippen LogP) is 2.09. The van der Waals surface area contributed by atoms with E-state index in [1.165, 1.54) is 18.2 Å². The molecule has 94 valence electrons. The fraction of sp³-hybridized carbons (Fsp3) is 0. The van der Waals surface area contributed by atoms with Gasteiger partial charge in [0.25, 0.3) is 0 Å². The zero-order valence-electron chi connectivity index (χ0n) is 8.94. The lowest BCUT2D eigenvalue weighted by atomic mass is 10.1. The van der Waals surface area contributed by atoms with Gasteiger partial charge in [0, 0.05) is 11.6 Å². The molecule has 7 heteroatoms. The molecule has 0 aliphatic heterocycles. The average Bonchev–Trinajstić information content (AvgIpc) is 2.28. The third-order valence-corrected chi connectivity index (χ3v) is 2.68. The van der Waals surface area contributed by atoms with Crippen LogP contribution in [0, 0.1) is 0 Å².